The fourth-order valence-corrected chi connectivity index (χ4v) is 3.29. The number of carbonyl (C=O) groups is 2. The predicted octanol–water partition coefficient (Wildman–Crippen LogP) is 4.22. The van der Waals surface area contributed by atoms with Gasteiger partial charge in [0.1, 0.15) is 6.04 Å². The number of unbranched alkanes of at least 4 members (excludes halogenated alkanes) is 1. The second-order valence-electron chi connectivity index (χ2n) is 7.02. The van der Waals surface area contributed by atoms with E-state index >= 15 is 0 Å². The molecule has 0 saturated heterocycles. The SMILES string of the molecule is CCCCOC(=O)NC(Cc1ccc(N(CCCl)CCCl)cc1)C(=O)NCCCN=[N+]=[N-]. The molecule has 1 aromatic rings. The lowest BCUT2D eigenvalue weighted by molar-refractivity contribution is -0.123. The van der Waals surface area contributed by atoms with Crippen molar-refractivity contribution in [2.75, 3.05) is 49.4 Å². The highest BCUT2D eigenvalue weighted by Gasteiger charge is 2.22. The van der Waals surface area contributed by atoms with E-state index in [4.69, 9.17) is 33.5 Å². The molecule has 0 spiro atoms. The van der Waals surface area contributed by atoms with Crippen molar-refractivity contribution in [1.29, 1.82) is 0 Å². The summed E-state index contributed by atoms with van der Waals surface area (Å²) in [6.07, 6.45) is 1.84. The van der Waals surface area contributed by atoms with Gasteiger partial charge in [-0.1, -0.05) is 30.6 Å². The fraction of sp³-hybridized carbons (Fsp3) is 0.619. The minimum Gasteiger partial charge on any atom is -0.450 e. The summed E-state index contributed by atoms with van der Waals surface area (Å²) in [4.78, 5) is 29.6. The second kappa shape index (κ2) is 17.2. The Morgan fingerprint density at radius 1 is 1.19 bits per heavy atom. The smallest absolute Gasteiger partial charge is 0.407 e. The number of anilines is 1. The van der Waals surface area contributed by atoms with E-state index in [-0.39, 0.29) is 12.5 Å². The quantitative estimate of drug-likeness (QED) is 0.119. The minimum absolute atomic E-state index is 0.288. The van der Waals surface area contributed by atoms with Crippen LogP contribution in [0.5, 0.6) is 0 Å². The highest BCUT2D eigenvalue weighted by molar-refractivity contribution is 6.18. The van der Waals surface area contributed by atoms with Crippen LogP contribution in [-0.2, 0) is 16.0 Å². The molecule has 1 rings (SSSR count). The van der Waals surface area contributed by atoms with Crippen LogP contribution in [-0.4, -0.2) is 62.6 Å². The molecular formula is C21H32Cl2N6O3. The lowest BCUT2D eigenvalue weighted by atomic mass is 10.0. The van der Waals surface area contributed by atoms with Gasteiger partial charge in [-0.25, -0.2) is 4.79 Å². The molecule has 178 valence electrons. The monoisotopic (exact) mass is 486 g/mol. The third-order valence-electron chi connectivity index (χ3n) is 4.59. The first-order valence-electron chi connectivity index (χ1n) is 10.7. The topological polar surface area (TPSA) is 119 Å². The number of azide groups is 1. The summed E-state index contributed by atoms with van der Waals surface area (Å²) in [5, 5.41) is 8.86. The minimum atomic E-state index is -0.795. The molecule has 0 saturated carbocycles. The van der Waals surface area contributed by atoms with E-state index in [0.717, 1.165) is 24.1 Å². The molecule has 0 heterocycles. The van der Waals surface area contributed by atoms with Crippen molar-refractivity contribution in [2.24, 2.45) is 5.11 Å². The molecular weight excluding hydrogens is 455 g/mol. The average Bonchev–Trinajstić information content (AvgIpc) is 2.79. The van der Waals surface area contributed by atoms with Gasteiger partial charge < -0.3 is 20.3 Å². The molecule has 2 N–H and O–H groups in total. The Hall–Kier alpha value is -2.35. The molecule has 0 aliphatic carbocycles. The van der Waals surface area contributed by atoms with Crippen molar-refractivity contribution in [3.05, 3.63) is 40.3 Å². The van der Waals surface area contributed by atoms with E-state index in [9.17, 15) is 9.59 Å². The predicted molar refractivity (Wildman–Crippen MR) is 129 cm³/mol. The molecule has 0 aliphatic heterocycles. The number of ether oxygens (including phenoxy) is 1. The maximum Gasteiger partial charge on any atom is 0.407 e. The Morgan fingerprint density at radius 2 is 1.88 bits per heavy atom. The van der Waals surface area contributed by atoms with E-state index in [0.29, 0.717) is 50.8 Å². The number of alkyl carbamates (subject to hydrolysis) is 1. The second-order valence-corrected chi connectivity index (χ2v) is 7.78. The van der Waals surface area contributed by atoms with Crippen molar-refractivity contribution in [3.8, 4) is 0 Å². The van der Waals surface area contributed by atoms with Crippen LogP contribution >= 0.6 is 23.2 Å². The highest BCUT2D eigenvalue weighted by atomic mass is 35.5. The first kappa shape index (κ1) is 27.7. The van der Waals surface area contributed by atoms with Gasteiger partial charge in [-0.05, 0) is 36.1 Å². The Morgan fingerprint density at radius 3 is 2.47 bits per heavy atom. The van der Waals surface area contributed by atoms with Crippen LogP contribution in [0.3, 0.4) is 0 Å². The number of hydrogen-bond acceptors (Lipinski definition) is 5. The van der Waals surface area contributed by atoms with E-state index < -0.39 is 12.1 Å². The number of hydrogen-bond donors (Lipinski definition) is 2. The van der Waals surface area contributed by atoms with Gasteiger partial charge in [-0.15, -0.1) is 23.2 Å². The zero-order valence-corrected chi connectivity index (χ0v) is 19.9. The van der Waals surface area contributed by atoms with Gasteiger partial charge in [0.05, 0.1) is 6.61 Å². The molecule has 9 nitrogen and oxygen atoms in total. The van der Waals surface area contributed by atoms with Crippen molar-refractivity contribution >= 4 is 40.9 Å². The van der Waals surface area contributed by atoms with Crippen LogP contribution in [0, 0.1) is 0 Å². The molecule has 0 aliphatic rings. The number of halogens is 2. The normalized spacial score (nSPS) is 11.2. The molecule has 32 heavy (non-hydrogen) atoms. The standard InChI is InChI=1S/C21H32Cl2N6O3/c1-2-3-15-32-21(31)27-19(20(30)25-11-4-12-26-28-24)16-17-5-7-18(8-6-17)29(13-9-22)14-10-23/h5-8,19H,2-4,9-16H2,1H3,(H,25,30)(H,27,31). The van der Waals surface area contributed by atoms with Gasteiger partial charge in [0.15, 0.2) is 0 Å². The number of benzene rings is 1. The van der Waals surface area contributed by atoms with Gasteiger partial charge in [0.2, 0.25) is 5.91 Å². The number of alkyl halides is 2. The lowest BCUT2D eigenvalue weighted by Gasteiger charge is -2.23. The summed E-state index contributed by atoms with van der Waals surface area (Å²) in [6, 6.07) is 6.93. The Labute approximate surface area is 199 Å². The molecule has 0 aromatic heterocycles. The van der Waals surface area contributed by atoms with E-state index in [2.05, 4.69) is 25.6 Å². The van der Waals surface area contributed by atoms with Crippen LogP contribution < -0.4 is 15.5 Å². The first-order valence-corrected chi connectivity index (χ1v) is 11.8. The maximum absolute atomic E-state index is 12.7. The van der Waals surface area contributed by atoms with Crippen molar-refractivity contribution in [3.63, 3.8) is 0 Å². The van der Waals surface area contributed by atoms with Crippen molar-refractivity contribution in [2.45, 2.75) is 38.6 Å². The van der Waals surface area contributed by atoms with Gasteiger partial charge >= 0.3 is 6.09 Å². The first-order chi connectivity index (χ1) is 15.5. The van der Waals surface area contributed by atoms with Crippen LogP contribution in [0.1, 0.15) is 31.7 Å². The lowest BCUT2D eigenvalue weighted by Crippen LogP contribution is -2.48. The molecule has 0 radical (unpaired) electrons. The van der Waals surface area contributed by atoms with E-state index in [1.54, 1.807) is 0 Å². The molecule has 1 atom stereocenters. The molecule has 11 heteroatoms. The van der Waals surface area contributed by atoms with E-state index in [1.807, 2.05) is 31.2 Å². The molecule has 0 bridgehead atoms. The Balaban J connectivity index is 2.80. The molecule has 2 amide bonds. The van der Waals surface area contributed by atoms with Gasteiger partial charge in [-0.3, -0.25) is 4.79 Å². The van der Waals surface area contributed by atoms with Gasteiger partial charge in [0.25, 0.3) is 0 Å². The zero-order chi connectivity index (χ0) is 23.6. The van der Waals surface area contributed by atoms with Crippen LogP contribution in [0.4, 0.5) is 10.5 Å². The summed E-state index contributed by atoms with van der Waals surface area (Å²) in [5.41, 5.74) is 10.2. The number of amides is 2. The van der Waals surface area contributed by atoms with Crippen LogP contribution in [0.25, 0.3) is 10.4 Å². The highest BCUT2D eigenvalue weighted by Crippen LogP contribution is 2.17. The summed E-state index contributed by atoms with van der Waals surface area (Å²) in [5.74, 6) is 0.656. The number of nitrogens with zero attached hydrogens (tertiary/aromatic N) is 4. The fourth-order valence-electron chi connectivity index (χ4n) is 2.88. The summed E-state index contributed by atoms with van der Waals surface area (Å²) < 4.78 is 5.15. The third kappa shape index (κ3) is 11.3. The largest absolute Gasteiger partial charge is 0.450 e. The Kier molecular flexibility index (Phi) is 14.9. The summed E-state index contributed by atoms with van der Waals surface area (Å²) in [6.45, 7) is 4.29. The third-order valence-corrected chi connectivity index (χ3v) is 4.93. The molecule has 0 fully saturated rings. The van der Waals surface area contributed by atoms with Crippen molar-refractivity contribution in [1.82, 2.24) is 10.6 Å². The molecule has 1 aromatic carbocycles. The van der Waals surface area contributed by atoms with E-state index in [1.165, 1.54) is 0 Å². The summed E-state index contributed by atoms with van der Waals surface area (Å²) >= 11 is 11.8. The van der Waals surface area contributed by atoms with Crippen LogP contribution in [0.15, 0.2) is 29.4 Å². The van der Waals surface area contributed by atoms with Gasteiger partial charge in [0, 0.05) is 55.0 Å². The zero-order valence-electron chi connectivity index (χ0n) is 18.4. The molecule has 1 unspecified atom stereocenters. The number of nitrogens with one attached hydrogen (secondary N) is 2. The number of carbonyl (C=O) groups excluding carboxylic acids is 2. The van der Waals surface area contributed by atoms with Crippen LogP contribution in [0.2, 0.25) is 0 Å². The maximum atomic E-state index is 12.7. The Bertz CT molecular complexity index is 723. The average molecular weight is 487 g/mol. The summed E-state index contributed by atoms with van der Waals surface area (Å²) in [7, 11) is 0. The number of rotatable bonds is 16. The van der Waals surface area contributed by atoms with Gasteiger partial charge in [-0.2, -0.15) is 0 Å². The van der Waals surface area contributed by atoms with Crippen molar-refractivity contribution < 1.29 is 14.3 Å².